The van der Waals surface area contributed by atoms with E-state index in [2.05, 4.69) is 4.74 Å². The van der Waals surface area contributed by atoms with Crippen molar-refractivity contribution in [1.29, 1.82) is 0 Å². The minimum absolute atomic E-state index is 0.329. The smallest absolute Gasteiger partial charge is 0.366 e. The van der Waals surface area contributed by atoms with Crippen LogP contribution < -0.4 is 4.74 Å². The summed E-state index contributed by atoms with van der Waals surface area (Å²) >= 11 is 6.01. The number of methoxy groups -OCH3 is 1. The molecule has 0 N–H and O–H groups in total. The zero-order valence-electron chi connectivity index (χ0n) is 8.70. The number of esters is 1. The molecule has 0 aromatic heterocycles. The molecule has 0 amide bonds. The van der Waals surface area contributed by atoms with Gasteiger partial charge in [-0.05, 0) is 12.1 Å². The molecule has 0 saturated heterocycles. The van der Waals surface area contributed by atoms with Crippen LogP contribution in [0.1, 0.15) is 13.3 Å². The minimum atomic E-state index is -1.43. The van der Waals surface area contributed by atoms with Crippen LogP contribution in [0.4, 0.5) is 0 Å². The van der Waals surface area contributed by atoms with Crippen molar-refractivity contribution in [1.82, 2.24) is 0 Å². The molecule has 1 rings (SSSR count). The highest BCUT2D eigenvalue weighted by Gasteiger charge is 2.38. The lowest BCUT2D eigenvalue weighted by Gasteiger charge is -2.23. The second kappa shape index (κ2) is 5.03. The van der Waals surface area contributed by atoms with Crippen LogP contribution >= 0.6 is 11.6 Å². The fourth-order valence-corrected chi connectivity index (χ4v) is 1.25. The number of rotatable bonds is 4. The number of carbonyl (C=O) groups is 1. The van der Waals surface area contributed by atoms with Gasteiger partial charge in [0, 0.05) is 6.42 Å². The van der Waals surface area contributed by atoms with E-state index in [0.717, 1.165) is 0 Å². The SMILES string of the molecule is CCC(Cl)(Oc1ccccc1)C(=O)OC. The Labute approximate surface area is 93.9 Å². The van der Waals surface area contributed by atoms with Crippen molar-refractivity contribution in [3.63, 3.8) is 0 Å². The third-order valence-corrected chi connectivity index (χ3v) is 2.47. The van der Waals surface area contributed by atoms with Gasteiger partial charge in [-0.2, -0.15) is 0 Å². The Morgan fingerprint density at radius 2 is 2.00 bits per heavy atom. The lowest BCUT2D eigenvalue weighted by Crippen LogP contribution is -2.39. The van der Waals surface area contributed by atoms with Crippen molar-refractivity contribution in [3.05, 3.63) is 30.3 Å². The van der Waals surface area contributed by atoms with Crippen LogP contribution in [0.3, 0.4) is 0 Å². The quantitative estimate of drug-likeness (QED) is 0.587. The molecule has 1 aromatic carbocycles. The van der Waals surface area contributed by atoms with Crippen molar-refractivity contribution in [2.75, 3.05) is 7.11 Å². The van der Waals surface area contributed by atoms with Gasteiger partial charge in [-0.15, -0.1) is 0 Å². The Hall–Kier alpha value is -1.22. The van der Waals surface area contributed by atoms with Crippen LogP contribution in [-0.2, 0) is 9.53 Å². The lowest BCUT2D eigenvalue weighted by atomic mass is 10.2. The number of hydrogen-bond donors (Lipinski definition) is 0. The molecule has 0 aliphatic carbocycles. The van der Waals surface area contributed by atoms with E-state index in [0.29, 0.717) is 12.2 Å². The fraction of sp³-hybridized carbons (Fsp3) is 0.364. The first-order chi connectivity index (χ1) is 7.12. The summed E-state index contributed by atoms with van der Waals surface area (Å²) in [4.78, 5) is 11.4. The van der Waals surface area contributed by atoms with E-state index in [9.17, 15) is 4.79 Å². The van der Waals surface area contributed by atoms with Crippen molar-refractivity contribution in [2.45, 2.75) is 18.4 Å². The van der Waals surface area contributed by atoms with Crippen molar-refractivity contribution < 1.29 is 14.3 Å². The van der Waals surface area contributed by atoms with Gasteiger partial charge in [0.05, 0.1) is 7.11 Å². The van der Waals surface area contributed by atoms with Crippen molar-refractivity contribution in [2.24, 2.45) is 0 Å². The first kappa shape index (κ1) is 11.9. The number of para-hydroxylation sites is 1. The highest BCUT2D eigenvalue weighted by atomic mass is 35.5. The Balaban J connectivity index is 2.81. The first-order valence-electron chi connectivity index (χ1n) is 4.64. The third-order valence-electron chi connectivity index (χ3n) is 1.97. The highest BCUT2D eigenvalue weighted by Crippen LogP contribution is 2.26. The van der Waals surface area contributed by atoms with Gasteiger partial charge in [-0.3, -0.25) is 0 Å². The van der Waals surface area contributed by atoms with Crippen molar-refractivity contribution in [3.8, 4) is 5.75 Å². The summed E-state index contributed by atoms with van der Waals surface area (Å²) in [6.45, 7) is 1.76. The van der Waals surface area contributed by atoms with Crippen LogP contribution in [0.5, 0.6) is 5.75 Å². The molecule has 15 heavy (non-hydrogen) atoms. The number of hydrogen-bond acceptors (Lipinski definition) is 3. The summed E-state index contributed by atoms with van der Waals surface area (Å²) in [5, 5.41) is -1.43. The van der Waals surface area contributed by atoms with Gasteiger partial charge in [0.15, 0.2) is 0 Å². The van der Waals surface area contributed by atoms with Gasteiger partial charge in [0.2, 0.25) is 0 Å². The number of alkyl halides is 1. The summed E-state index contributed by atoms with van der Waals surface area (Å²) in [6.07, 6.45) is 0.329. The largest absolute Gasteiger partial charge is 0.465 e. The Morgan fingerprint density at radius 1 is 1.40 bits per heavy atom. The monoisotopic (exact) mass is 228 g/mol. The maximum absolute atomic E-state index is 11.4. The predicted molar refractivity (Wildman–Crippen MR) is 58.0 cm³/mol. The molecular weight excluding hydrogens is 216 g/mol. The highest BCUT2D eigenvalue weighted by molar-refractivity contribution is 6.32. The molecule has 0 bridgehead atoms. The second-order valence-electron chi connectivity index (χ2n) is 2.99. The van der Waals surface area contributed by atoms with Gasteiger partial charge in [-0.1, -0.05) is 36.7 Å². The number of ether oxygens (including phenoxy) is 2. The van der Waals surface area contributed by atoms with Gasteiger partial charge in [-0.25, -0.2) is 4.79 Å². The average molecular weight is 229 g/mol. The molecule has 1 unspecified atom stereocenters. The first-order valence-corrected chi connectivity index (χ1v) is 5.01. The van der Waals surface area contributed by atoms with E-state index < -0.39 is 11.0 Å². The molecule has 0 saturated carbocycles. The summed E-state index contributed by atoms with van der Waals surface area (Å²) in [7, 11) is 1.28. The summed E-state index contributed by atoms with van der Waals surface area (Å²) < 4.78 is 9.98. The maximum Gasteiger partial charge on any atom is 0.366 e. The van der Waals surface area contributed by atoms with Crippen LogP contribution in [0, 0.1) is 0 Å². The maximum atomic E-state index is 11.4. The molecule has 0 fully saturated rings. The topological polar surface area (TPSA) is 35.5 Å². The summed E-state index contributed by atoms with van der Waals surface area (Å²) in [6, 6.07) is 8.93. The van der Waals surface area contributed by atoms with E-state index in [1.807, 2.05) is 6.07 Å². The van der Waals surface area contributed by atoms with Gasteiger partial charge in [0.25, 0.3) is 5.06 Å². The standard InChI is InChI=1S/C11H13ClO3/c1-3-11(12,10(13)14-2)15-9-7-5-4-6-8-9/h4-8H,3H2,1-2H3. The van der Waals surface area contributed by atoms with Gasteiger partial charge >= 0.3 is 5.97 Å². The minimum Gasteiger partial charge on any atom is -0.465 e. The number of halogens is 1. The van der Waals surface area contributed by atoms with Crippen LogP contribution in [0.2, 0.25) is 0 Å². The molecule has 4 heteroatoms. The van der Waals surface area contributed by atoms with Crippen LogP contribution in [0.25, 0.3) is 0 Å². The van der Waals surface area contributed by atoms with E-state index in [1.54, 1.807) is 31.2 Å². The van der Waals surface area contributed by atoms with Gasteiger partial charge in [0.1, 0.15) is 5.75 Å². The third kappa shape index (κ3) is 2.86. The summed E-state index contributed by atoms with van der Waals surface area (Å²) in [5.41, 5.74) is 0. The van der Waals surface area contributed by atoms with Crippen LogP contribution in [0.15, 0.2) is 30.3 Å². The lowest BCUT2D eigenvalue weighted by molar-refractivity contribution is -0.152. The Morgan fingerprint density at radius 3 is 2.47 bits per heavy atom. The zero-order chi connectivity index (χ0) is 11.3. The van der Waals surface area contributed by atoms with Crippen LogP contribution in [-0.4, -0.2) is 18.1 Å². The molecule has 82 valence electrons. The fourth-order valence-electron chi connectivity index (χ4n) is 1.09. The second-order valence-corrected chi connectivity index (χ2v) is 3.60. The molecule has 0 spiro atoms. The zero-order valence-corrected chi connectivity index (χ0v) is 9.45. The molecule has 1 atom stereocenters. The molecule has 0 radical (unpaired) electrons. The normalized spacial score (nSPS) is 14.1. The van der Waals surface area contributed by atoms with E-state index in [1.165, 1.54) is 7.11 Å². The molecule has 3 nitrogen and oxygen atoms in total. The number of benzene rings is 1. The van der Waals surface area contributed by atoms with Crippen molar-refractivity contribution >= 4 is 17.6 Å². The Bertz CT molecular complexity index is 326. The van der Waals surface area contributed by atoms with E-state index >= 15 is 0 Å². The molecule has 1 aromatic rings. The molecule has 0 aliphatic rings. The Kier molecular flexibility index (Phi) is 3.97. The molecule has 0 heterocycles. The van der Waals surface area contributed by atoms with E-state index in [-0.39, 0.29) is 0 Å². The van der Waals surface area contributed by atoms with E-state index in [4.69, 9.17) is 16.3 Å². The summed E-state index contributed by atoms with van der Waals surface area (Å²) in [5.74, 6) is -0.0460. The molecular formula is C11H13ClO3. The van der Waals surface area contributed by atoms with Gasteiger partial charge < -0.3 is 9.47 Å². The molecule has 0 aliphatic heterocycles. The predicted octanol–water partition coefficient (Wildman–Crippen LogP) is 2.58. The average Bonchev–Trinajstić information content (AvgIpc) is 2.29. The number of carbonyl (C=O) groups excluding carboxylic acids is 1.